The van der Waals surface area contributed by atoms with Crippen LogP contribution in [0, 0.1) is 0 Å². The van der Waals surface area contributed by atoms with Gasteiger partial charge >= 0.3 is 0 Å². The van der Waals surface area contributed by atoms with Gasteiger partial charge in [0.25, 0.3) is 0 Å². The van der Waals surface area contributed by atoms with Crippen LogP contribution in [0.3, 0.4) is 0 Å². The van der Waals surface area contributed by atoms with Gasteiger partial charge in [0.1, 0.15) is 6.61 Å². The van der Waals surface area contributed by atoms with E-state index in [1.807, 2.05) is 6.07 Å². The zero-order chi connectivity index (χ0) is 12.3. The normalized spacial score (nSPS) is 26.3. The molecule has 1 saturated heterocycles. The Morgan fingerprint density at radius 3 is 2.82 bits per heavy atom. The lowest BCUT2D eigenvalue weighted by Crippen LogP contribution is -2.54. The first kappa shape index (κ1) is 12.5. The maximum Gasteiger partial charge on any atom is 0.162 e. The summed E-state index contributed by atoms with van der Waals surface area (Å²) in [4.78, 5) is 2.45. The standard InChI is InChI=1S/C12H21N3O2/c1-9-5-13-6-10(2)15(9)7-11-4-12(8-16-3)17-14-11/h4,9-10,13H,5-8H2,1-3H3. The molecule has 96 valence electrons. The number of rotatable bonds is 4. The largest absolute Gasteiger partial charge is 0.377 e. The fourth-order valence-electron chi connectivity index (χ4n) is 2.31. The fourth-order valence-corrected chi connectivity index (χ4v) is 2.31. The number of nitrogens with one attached hydrogen (secondary N) is 1. The Morgan fingerprint density at radius 1 is 1.47 bits per heavy atom. The summed E-state index contributed by atoms with van der Waals surface area (Å²) in [7, 11) is 1.66. The second-order valence-corrected chi connectivity index (χ2v) is 4.75. The Kier molecular flexibility index (Phi) is 4.15. The van der Waals surface area contributed by atoms with Crippen molar-refractivity contribution in [2.45, 2.75) is 39.1 Å². The Balaban J connectivity index is 1.98. The first-order valence-electron chi connectivity index (χ1n) is 6.10. The van der Waals surface area contributed by atoms with Crippen LogP contribution in [0.4, 0.5) is 0 Å². The van der Waals surface area contributed by atoms with Crippen LogP contribution in [0.15, 0.2) is 10.6 Å². The molecule has 1 fully saturated rings. The number of hydrogen-bond donors (Lipinski definition) is 1. The van der Waals surface area contributed by atoms with E-state index in [1.165, 1.54) is 0 Å². The van der Waals surface area contributed by atoms with E-state index in [2.05, 4.69) is 29.2 Å². The van der Waals surface area contributed by atoms with Crippen LogP contribution in [0.25, 0.3) is 0 Å². The molecule has 2 heterocycles. The minimum Gasteiger partial charge on any atom is -0.377 e. The molecule has 2 atom stereocenters. The van der Waals surface area contributed by atoms with Crippen LogP contribution in [-0.4, -0.2) is 42.3 Å². The summed E-state index contributed by atoms with van der Waals surface area (Å²) >= 11 is 0. The molecular formula is C12H21N3O2. The van der Waals surface area contributed by atoms with Gasteiger partial charge in [0.2, 0.25) is 0 Å². The minimum atomic E-state index is 0.486. The van der Waals surface area contributed by atoms with Crippen molar-refractivity contribution in [3.05, 3.63) is 17.5 Å². The summed E-state index contributed by atoms with van der Waals surface area (Å²) in [6.45, 7) is 7.87. The molecule has 0 aromatic carbocycles. The Morgan fingerprint density at radius 2 is 2.18 bits per heavy atom. The third kappa shape index (κ3) is 3.06. The van der Waals surface area contributed by atoms with Crippen molar-refractivity contribution in [3.63, 3.8) is 0 Å². The molecular weight excluding hydrogens is 218 g/mol. The van der Waals surface area contributed by atoms with Crippen molar-refractivity contribution >= 4 is 0 Å². The van der Waals surface area contributed by atoms with Gasteiger partial charge in [-0.05, 0) is 13.8 Å². The molecule has 0 bridgehead atoms. The van der Waals surface area contributed by atoms with Gasteiger partial charge in [-0.15, -0.1) is 0 Å². The molecule has 0 amide bonds. The molecule has 17 heavy (non-hydrogen) atoms. The molecule has 1 aliphatic rings. The topological polar surface area (TPSA) is 50.5 Å². The molecule has 0 spiro atoms. The molecule has 5 heteroatoms. The van der Waals surface area contributed by atoms with Gasteiger partial charge in [0, 0.05) is 44.9 Å². The summed E-state index contributed by atoms with van der Waals surface area (Å²) in [5.74, 6) is 0.790. The summed E-state index contributed by atoms with van der Waals surface area (Å²) < 4.78 is 10.2. The van der Waals surface area contributed by atoms with Crippen molar-refractivity contribution < 1.29 is 9.26 Å². The molecule has 0 radical (unpaired) electrons. The highest BCUT2D eigenvalue weighted by atomic mass is 16.5. The van der Waals surface area contributed by atoms with Crippen LogP contribution in [0.2, 0.25) is 0 Å². The number of aromatic nitrogens is 1. The molecule has 2 rings (SSSR count). The van der Waals surface area contributed by atoms with Crippen molar-refractivity contribution in [2.75, 3.05) is 20.2 Å². The highest BCUT2D eigenvalue weighted by Gasteiger charge is 2.25. The molecule has 1 aliphatic heterocycles. The molecule has 1 aromatic rings. The summed E-state index contributed by atoms with van der Waals surface area (Å²) in [5.41, 5.74) is 0.984. The molecule has 5 nitrogen and oxygen atoms in total. The highest BCUT2D eigenvalue weighted by Crippen LogP contribution is 2.15. The van der Waals surface area contributed by atoms with Gasteiger partial charge in [-0.1, -0.05) is 5.16 Å². The molecule has 1 aromatic heterocycles. The lowest BCUT2D eigenvalue weighted by molar-refractivity contribution is 0.105. The first-order valence-corrected chi connectivity index (χ1v) is 6.10. The molecule has 1 N–H and O–H groups in total. The Hall–Kier alpha value is -0.910. The second kappa shape index (κ2) is 5.62. The maximum atomic E-state index is 5.20. The van der Waals surface area contributed by atoms with Gasteiger partial charge < -0.3 is 14.6 Å². The second-order valence-electron chi connectivity index (χ2n) is 4.75. The van der Waals surface area contributed by atoms with E-state index >= 15 is 0 Å². The number of nitrogens with zero attached hydrogens (tertiary/aromatic N) is 2. The first-order chi connectivity index (χ1) is 8.20. The predicted octanol–water partition coefficient (Wildman–Crippen LogP) is 1.00. The summed E-state index contributed by atoms with van der Waals surface area (Å²) in [6.07, 6.45) is 0. The predicted molar refractivity (Wildman–Crippen MR) is 64.6 cm³/mol. The van der Waals surface area contributed by atoms with Crippen molar-refractivity contribution in [1.29, 1.82) is 0 Å². The lowest BCUT2D eigenvalue weighted by Gasteiger charge is -2.38. The Bertz CT molecular complexity index is 343. The van der Waals surface area contributed by atoms with Crippen molar-refractivity contribution in [2.24, 2.45) is 0 Å². The van der Waals surface area contributed by atoms with Crippen LogP contribution in [0.1, 0.15) is 25.3 Å². The third-order valence-corrected chi connectivity index (χ3v) is 3.25. The van der Waals surface area contributed by atoms with Crippen LogP contribution < -0.4 is 5.32 Å². The monoisotopic (exact) mass is 239 g/mol. The van der Waals surface area contributed by atoms with Crippen LogP contribution in [-0.2, 0) is 17.9 Å². The van der Waals surface area contributed by atoms with E-state index in [-0.39, 0.29) is 0 Å². The van der Waals surface area contributed by atoms with E-state index in [0.717, 1.165) is 31.1 Å². The smallest absolute Gasteiger partial charge is 0.162 e. The van der Waals surface area contributed by atoms with Gasteiger partial charge in [0.05, 0.1) is 5.69 Å². The van der Waals surface area contributed by atoms with Gasteiger partial charge in [-0.2, -0.15) is 0 Å². The minimum absolute atomic E-state index is 0.486. The quantitative estimate of drug-likeness (QED) is 0.849. The fraction of sp³-hybridized carbons (Fsp3) is 0.750. The van der Waals surface area contributed by atoms with Gasteiger partial charge in [0.15, 0.2) is 5.76 Å². The Labute approximate surface area is 102 Å². The maximum absolute atomic E-state index is 5.20. The zero-order valence-electron chi connectivity index (χ0n) is 10.8. The van der Waals surface area contributed by atoms with E-state index in [1.54, 1.807) is 7.11 Å². The van der Waals surface area contributed by atoms with Gasteiger partial charge in [-0.3, -0.25) is 4.90 Å². The van der Waals surface area contributed by atoms with Crippen molar-refractivity contribution in [3.8, 4) is 0 Å². The van der Waals surface area contributed by atoms with E-state index in [9.17, 15) is 0 Å². The van der Waals surface area contributed by atoms with Crippen molar-refractivity contribution in [1.82, 2.24) is 15.4 Å². The summed E-state index contributed by atoms with van der Waals surface area (Å²) in [6, 6.07) is 3.04. The number of piperazine rings is 1. The molecule has 0 saturated carbocycles. The van der Waals surface area contributed by atoms with E-state index in [0.29, 0.717) is 18.7 Å². The molecule has 0 aliphatic carbocycles. The van der Waals surface area contributed by atoms with Gasteiger partial charge in [-0.25, -0.2) is 0 Å². The van der Waals surface area contributed by atoms with Crippen LogP contribution >= 0.6 is 0 Å². The number of methoxy groups -OCH3 is 1. The highest BCUT2D eigenvalue weighted by molar-refractivity contribution is 5.05. The van der Waals surface area contributed by atoms with Crippen LogP contribution in [0.5, 0.6) is 0 Å². The SMILES string of the molecule is COCc1cc(CN2C(C)CNCC2C)no1. The molecule has 2 unspecified atom stereocenters. The lowest BCUT2D eigenvalue weighted by atomic mass is 10.1. The third-order valence-electron chi connectivity index (χ3n) is 3.25. The van der Waals surface area contributed by atoms with E-state index < -0.39 is 0 Å². The number of hydrogen-bond acceptors (Lipinski definition) is 5. The zero-order valence-corrected chi connectivity index (χ0v) is 10.8. The number of ether oxygens (including phenoxy) is 1. The van der Waals surface area contributed by atoms with E-state index in [4.69, 9.17) is 9.26 Å². The average Bonchev–Trinajstić information content (AvgIpc) is 2.72. The average molecular weight is 239 g/mol. The summed E-state index contributed by atoms with van der Waals surface area (Å²) in [5, 5.41) is 7.50.